The molecule has 3 aromatic carbocycles. The lowest BCUT2D eigenvalue weighted by molar-refractivity contribution is -0.113. The first-order valence-electron chi connectivity index (χ1n) is 10.8. The molecule has 0 saturated carbocycles. The molecule has 184 valence electrons. The molecule has 0 aliphatic carbocycles. The normalized spacial score (nSPS) is 14.3. The number of amides is 2. The van der Waals surface area contributed by atoms with Crippen LogP contribution in [0.4, 0.5) is 15.8 Å². The fraction of sp³-hybridized carbons (Fsp3) is 0.115. The average Bonchev–Trinajstić information content (AvgIpc) is 3.13. The minimum atomic E-state index is -0.393. The largest absolute Gasteiger partial charge is 0.492 e. The third kappa shape index (κ3) is 5.71. The van der Waals surface area contributed by atoms with Gasteiger partial charge in [-0.25, -0.2) is 4.39 Å². The van der Waals surface area contributed by atoms with E-state index in [1.54, 1.807) is 37.5 Å². The highest BCUT2D eigenvalue weighted by molar-refractivity contribution is 14.1. The average molecular weight is 634 g/mol. The number of hydrogen-bond donors (Lipinski definition) is 1. The Labute approximate surface area is 231 Å². The van der Waals surface area contributed by atoms with Crippen molar-refractivity contribution in [2.45, 2.75) is 6.92 Å². The molecule has 1 fully saturated rings. The first-order chi connectivity index (χ1) is 17.3. The van der Waals surface area contributed by atoms with Crippen LogP contribution in [0, 0.1) is 9.39 Å². The molecule has 6 nitrogen and oxygen atoms in total. The summed E-state index contributed by atoms with van der Waals surface area (Å²) in [6.07, 6.45) is 1.76. The molecule has 1 aliphatic rings. The molecule has 1 N–H and O–H groups in total. The van der Waals surface area contributed by atoms with Crippen molar-refractivity contribution in [1.29, 1.82) is 0 Å². The van der Waals surface area contributed by atoms with Gasteiger partial charge in [0.25, 0.3) is 11.8 Å². The number of thiocarbonyl (C=S) groups is 1. The Morgan fingerprint density at radius 3 is 2.64 bits per heavy atom. The highest BCUT2D eigenvalue weighted by Crippen LogP contribution is 2.39. The summed E-state index contributed by atoms with van der Waals surface area (Å²) in [7, 11) is 1.58. The number of methoxy groups -OCH3 is 1. The Bertz CT molecular complexity index is 1380. The van der Waals surface area contributed by atoms with E-state index in [9.17, 15) is 14.0 Å². The molecule has 3 aromatic rings. The molecule has 1 heterocycles. The predicted molar refractivity (Wildman–Crippen MR) is 153 cm³/mol. The van der Waals surface area contributed by atoms with Crippen LogP contribution in [0.2, 0.25) is 0 Å². The third-order valence-corrected chi connectivity index (χ3v) is 7.20. The zero-order valence-electron chi connectivity index (χ0n) is 19.2. The number of halogens is 2. The number of carbonyl (C=O) groups excluding carboxylic acids is 2. The predicted octanol–water partition coefficient (Wildman–Crippen LogP) is 6.50. The first kappa shape index (κ1) is 26.1. The van der Waals surface area contributed by atoms with E-state index in [1.807, 2.05) is 19.1 Å². The van der Waals surface area contributed by atoms with Gasteiger partial charge in [0, 0.05) is 11.3 Å². The number of nitrogens with one attached hydrogen (secondary N) is 1. The van der Waals surface area contributed by atoms with Gasteiger partial charge in [0.05, 0.1) is 27.9 Å². The molecule has 0 radical (unpaired) electrons. The van der Waals surface area contributed by atoms with Crippen LogP contribution in [-0.2, 0) is 4.79 Å². The third-order valence-electron chi connectivity index (χ3n) is 5.10. The molecule has 1 saturated heterocycles. The fourth-order valence-electron chi connectivity index (χ4n) is 3.50. The molecule has 0 unspecified atom stereocenters. The van der Waals surface area contributed by atoms with Gasteiger partial charge in [0.1, 0.15) is 5.82 Å². The SMILES string of the molecule is CCOc1cc(/C=C2/SC(=S)N(c3cccc(C(=O)Nc4ccc(F)cc4)c3)C2=O)cc(I)c1OC. The zero-order valence-corrected chi connectivity index (χ0v) is 23.0. The highest BCUT2D eigenvalue weighted by Gasteiger charge is 2.33. The number of anilines is 2. The van der Waals surface area contributed by atoms with Gasteiger partial charge >= 0.3 is 0 Å². The fourth-order valence-corrected chi connectivity index (χ4v) is 5.64. The molecule has 0 bridgehead atoms. The lowest BCUT2D eigenvalue weighted by Crippen LogP contribution is -2.27. The van der Waals surface area contributed by atoms with Crippen molar-refractivity contribution < 1.29 is 23.5 Å². The van der Waals surface area contributed by atoms with E-state index >= 15 is 0 Å². The molecule has 2 amide bonds. The van der Waals surface area contributed by atoms with Gasteiger partial charge in [0.15, 0.2) is 15.8 Å². The van der Waals surface area contributed by atoms with Crippen LogP contribution in [0.3, 0.4) is 0 Å². The molecule has 36 heavy (non-hydrogen) atoms. The van der Waals surface area contributed by atoms with E-state index in [2.05, 4.69) is 27.9 Å². The van der Waals surface area contributed by atoms with Gasteiger partial charge < -0.3 is 14.8 Å². The van der Waals surface area contributed by atoms with Crippen molar-refractivity contribution >= 4 is 80.2 Å². The first-order valence-corrected chi connectivity index (χ1v) is 13.1. The van der Waals surface area contributed by atoms with Gasteiger partial charge in [-0.1, -0.05) is 30.0 Å². The standard InChI is InChI=1S/C26H20FIN2O4S2/c1-3-34-21-12-15(11-20(28)23(21)33-2)13-22-25(32)30(26(35)36-22)19-6-4-5-16(14-19)24(31)29-18-9-7-17(27)8-10-18/h4-14H,3H2,1-2H3,(H,29,31)/b22-13+. The number of benzene rings is 3. The van der Waals surface area contributed by atoms with Crippen LogP contribution in [0.25, 0.3) is 6.08 Å². The maximum atomic E-state index is 13.3. The van der Waals surface area contributed by atoms with E-state index in [1.165, 1.54) is 40.9 Å². The maximum absolute atomic E-state index is 13.3. The lowest BCUT2D eigenvalue weighted by Gasteiger charge is -2.15. The molecule has 10 heteroatoms. The van der Waals surface area contributed by atoms with Gasteiger partial charge in [-0.05, 0) is 95.8 Å². The molecule has 4 rings (SSSR count). The number of ether oxygens (including phenoxy) is 2. The molecule has 0 aromatic heterocycles. The summed E-state index contributed by atoms with van der Waals surface area (Å²) in [5.74, 6) is 0.160. The summed E-state index contributed by atoms with van der Waals surface area (Å²) in [5.41, 5.74) is 2.05. The van der Waals surface area contributed by atoms with E-state index < -0.39 is 5.82 Å². The minimum Gasteiger partial charge on any atom is -0.492 e. The van der Waals surface area contributed by atoms with Gasteiger partial charge in [-0.15, -0.1) is 0 Å². The Hall–Kier alpha value is -2.96. The quantitative estimate of drug-likeness (QED) is 0.182. The van der Waals surface area contributed by atoms with Crippen molar-refractivity contribution in [1.82, 2.24) is 0 Å². The Kier molecular flexibility index (Phi) is 8.27. The number of thioether (sulfide) groups is 1. The summed E-state index contributed by atoms with van der Waals surface area (Å²) in [6, 6.07) is 15.8. The number of nitrogens with zero attached hydrogens (tertiary/aromatic N) is 1. The Balaban J connectivity index is 1.58. The van der Waals surface area contributed by atoms with Crippen LogP contribution in [-0.4, -0.2) is 29.9 Å². The molecule has 0 atom stereocenters. The number of hydrogen-bond acceptors (Lipinski definition) is 6. The van der Waals surface area contributed by atoms with Crippen LogP contribution in [0.1, 0.15) is 22.8 Å². The van der Waals surface area contributed by atoms with Crippen molar-refractivity contribution in [2.75, 3.05) is 23.9 Å². The second-order valence-corrected chi connectivity index (χ2v) is 10.3. The van der Waals surface area contributed by atoms with Crippen LogP contribution < -0.4 is 19.7 Å². The van der Waals surface area contributed by atoms with Gasteiger partial charge in [-0.2, -0.15) is 0 Å². The van der Waals surface area contributed by atoms with E-state index in [-0.39, 0.29) is 11.8 Å². The number of carbonyl (C=O) groups is 2. The smallest absolute Gasteiger partial charge is 0.270 e. The van der Waals surface area contributed by atoms with Crippen molar-refractivity contribution in [3.8, 4) is 11.5 Å². The van der Waals surface area contributed by atoms with Crippen molar-refractivity contribution in [3.05, 3.63) is 86.1 Å². The van der Waals surface area contributed by atoms with Gasteiger partial charge in [0.2, 0.25) is 0 Å². The molecule has 1 aliphatic heterocycles. The summed E-state index contributed by atoms with van der Waals surface area (Å²) in [6.45, 7) is 2.36. The summed E-state index contributed by atoms with van der Waals surface area (Å²) < 4.78 is 25.5. The van der Waals surface area contributed by atoms with Crippen LogP contribution >= 0.6 is 46.6 Å². The zero-order chi connectivity index (χ0) is 25.8. The minimum absolute atomic E-state index is 0.287. The molecule has 0 spiro atoms. The highest BCUT2D eigenvalue weighted by atomic mass is 127. The van der Waals surface area contributed by atoms with E-state index in [4.69, 9.17) is 21.7 Å². The monoisotopic (exact) mass is 634 g/mol. The molecular weight excluding hydrogens is 614 g/mol. The Morgan fingerprint density at radius 2 is 1.94 bits per heavy atom. The summed E-state index contributed by atoms with van der Waals surface area (Å²) in [4.78, 5) is 27.9. The maximum Gasteiger partial charge on any atom is 0.270 e. The Morgan fingerprint density at radius 1 is 1.19 bits per heavy atom. The van der Waals surface area contributed by atoms with Crippen molar-refractivity contribution in [3.63, 3.8) is 0 Å². The number of rotatable bonds is 7. The lowest BCUT2D eigenvalue weighted by atomic mass is 10.1. The second kappa shape index (κ2) is 11.4. The van der Waals surface area contributed by atoms with Crippen molar-refractivity contribution in [2.24, 2.45) is 0 Å². The van der Waals surface area contributed by atoms with Crippen LogP contribution in [0.5, 0.6) is 11.5 Å². The van der Waals surface area contributed by atoms with E-state index in [0.29, 0.717) is 44.3 Å². The van der Waals surface area contributed by atoms with E-state index in [0.717, 1.165) is 9.13 Å². The second-order valence-electron chi connectivity index (χ2n) is 7.50. The topological polar surface area (TPSA) is 67.9 Å². The summed E-state index contributed by atoms with van der Waals surface area (Å²) >= 11 is 8.84. The van der Waals surface area contributed by atoms with Crippen LogP contribution in [0.15, 0.2) is 65.6 Å². The van der Waals surface area contributed by atoms with Gasteiger partial charge in [-0.3, -0.25) is 14.5 Å². The molecular formula is C26H20FIN2O4S2. The summed E-state index contributed by atoms with van der Waals surface area (Å²) in [5, 5.41) is 2.72.